The van der Waals surface area contributed by atoms with Gasteiger partial charge in [-0.3, -0.25) is 0 Å². The van der Waals surface area contributed by atoms with Gasteiger partial charge in [0, 0.05) is 37.5 Å². The van der Waals surface area contributed by atoms with Crippen molar-refractivity contribution in [1.82, 2.24) is 9.88 Å². The largest absolute Gasteiger partial charge is 0.356 e. The maximum atomic E-state index is 11.6. The average molecular weight is 511 g/mol. The molecular weight excluding hydrogens is 499 g/mol. The highest BCUT2D eigenvalue weighted by molar-refractivity contribution is 14.2. The second kappa shape index (κ2) is 8.49. The summed E-state index contributed by atoms with van der Waals surface area (Å²) in [5, 5.41) is 6.99. The minimum Gasteiger partial charge on any atom is -0.356 e. The third kappa shape index (κ3) is 4.58. The van der Waals surface area contributed by atoms with Crippen molar-refractivity contribution in [2.75, 3.05) is 6.26 Å². The summed E-state index contributed by atoms with van der Waals surface area (Å²) in [6, 6.07) is 7.34. The smallest absolute Gasteiger partial charge is 0.172 e. The van der Waals surface area contributed by atoms with E-state index in [1.54, 1.807) is 6.26 Å². The highest BCUT2D eigenvalue weighted by Crippen LogP contribution is 2.32. The Morgan fingerprint density at radius 2 is 2.14 bits per heavy atom. The zero-order valence-electron chi connectivity index (χ0n) is 11.7. The van der Waals surface area contributed by atoms with Gasteiger partial charge in [-0.1, -0.05) is 39.1 Å². The molecule has 0 saturated heterocycles. The first kappa shape index (κ1) is 18.0. The van der Waals surface area contributed by atoms with Crippen LogP contribution in [0.4, 0.5) is 0 Å². The van der Waals surface area contributed by atoms with Crippen LogP contribution in [0.5, 0.6) is 0 Å². The van der Waals surface area contributed by atoms with E-state index in [2.05, 4.69) is 58.2 Å². The van der Waals surface area contributed by atoms with Gasteiger partial charge in [-0.15, -0.1) is 0 Å². The maximum Gasteiger partial charge on any atom is 0.172 e. The van der Waals surface area contributed by atoms with Gasteiger partial charge in [-0.25, -0.2) is 8.93 Å². The lowest BCUT2D eigenvalue weighted by Crippen LogP contribution is -2.22. The number of benzene rings is 1. The molecule has 0 fully saturated rings. The topological polar surface area (TPSA) is 55.1 Å². The van der Waals surface area contributed by atoms with Crippen LogP contribution in [-0.2, 0) is 11.0 Å². The molecule has 2 unspecified atom stereocenters. The van der Waals surface area contributed by atoms with Crippen LogP contribution in [0.2, 0.25) is 0 Å². The van der Waals surface area contributed by atoms with Crippen LogP contribution in [-0.4, -0.2) is 15.6 Å². The molecule has 0 aliphatic heterocycles. The standard InChI is InChI=1S/C14H12BrIN2O2S2/c1-9-13(12(7-8-21-16)18-22(2)19)14(20-17-9)10-3-5-11(15)6-4-10/h3-6,12,18H,1-2H3. The van der Waals surface area contributed by atoms with Crippen molar-refractivity contribution in [3.05, 3.63) is 40.0 Å². The first-order valence-electron chi connectivity index (χ1n) is 6.12. The van der Waals surface area contributed by atoms with Crippen LogP contribution < -0.4 is 4.72 Å². The summed E-state index contributed by atoms with van der Waals surface area (Å²) in [5.41, 5.74) is 2.44. The van der Waals surface area contributed by atoms with E-state index in [1.807, 2.05) is 31.2 Å². The van der Waals surface area contributed by atoms with Gasteiger partial charge in [-0.2, -0.15) is 0 Å². The Balaban J connectivity index is 2.50. The summed E-state index contributed by atoms with van der Waals surface area (Å²) in [7, 11) is 0.175. The van der Waals surface area contributed by atoms with Crippen molar-refractivity contribution in [2.24, 2.45) is 0 Å². The molecule has 116 valence electrons. The lowest BCUT2D eigenvalue weighted by atomic mass is 10.0. The molecule has 0 radical (unpaired) electrons. The zero-order chi connectivity index (χ0) is 16.1. The monoisotopic (exact) mass is 510 g/mol. The van der Waals surface area contributed by atoms with Crippen molar-refractivity contribution in [3.8, 4) is 22.5 Å². The number of nitrogens with one attached hydrogen (secondary N) is 1. The number of halogens is 2. The fourth-order valence-electron chi connectivity index (χ4n) is 1.93. The molecule has 0 amide bonds. The predicted molar refractivity (Wildman–Crippen MR) is 104 cm³/mol. The molecular formula is C14H12BrIN2O2S2. The quantitative estimate of drug-likeness (QED) is 0.490. The van der Waals surface area contributed by atoms with Gasteiger partial charge >= 0.3 is 0 Å². The molecule has 0 aliphatic rings. The summed E-state index contributed by atoms with van der Waals surface area (Å²) in [5.74, 6) is 3.70. The molecule has 8 heteroatoms. The summed E-state index contributed by atoms with van der Waals surface area (Å²) < 4.78 is 21.0. The van der Waals surface area contributed by atoms with Crippen molar-refractivity contribution in [3.63, 3.8) is 0 Å². The third-order valence-corrected chi connectivity index (χ3v) is 4.78. The van der Waals surface area contributed by atoms with Crippen LogP contribution in [0.25, 0.3) is 11.3 Å². The minimum atomic E-state index is -1.20. The van der Waals surface area contributed by atoms with Crippen LogP contribution in [0.1, 0.15) is 17.3 Å². The maximum absolute atomic E-state index is 11.6. The highest BCUT2D eigenvalue weighted by Gasteiger charge is 2.23. The Bertz CT molecular complexity index is 738. The van der Waals surface area contributed by atoms with E-state index in [1.165, 1.54) is 8.93 Å². The number of hydrogen-bond donors (Lipinski definition) is 1. The second-order valence-electron chi connectivity index (χ2n) is 4.35. The predicted octanol–water partition coefficient (Wildman–Crippen LogP) is 4.38. The molecule has 2 rings (SSSR count). The third-order valence-electron chi connectivity index (χ3n) is 2.83. The summed E-state index contributed by atoms with van der Waals surface area (Å²) in [6.45, 7) is 1.85. The molecule has 0 saturated carbocycles. The van der Waals surface area contributed by atoms with E-state index in [9.17, 15) is 4.21 Å². The average Bonchev–Trinajstić information content (AvgIpc) is 2.86. The van der Waals surface area contributed by atoms with E-state index < -0.39 is 17.0 Å². The number of aromatic nitrogens is 1. The summed E-state index contributed by atoms with van der Waals surface area (Å²) in [4.78, 5) is 0. The van der Waals surface area contributed by atoms with E-state index in [-0.39, 0.29) is 0 Å². The van der Waals surface area contributed by atoms with Crippen molar-refractivity contribution in [2.45, 2.75) is 13.0 Å². The summed E-state index contributed by atoms with van der Waals surface area (Å²) in [6.07, 6.45) is 1.58. The first-order chi connectivity index (χ1) is 10.5. The number of hydrogen-bond acceptors (Lipinski definition) is 4. The van der Waals surface area contributed by atoms with Crippen molar-refractivity contribution in [1.29, 1.82) is 0 Å². The van der Waals surface area contributed by atoms with Gasteiger partial charge in [-0.05, 0) is 33.2 Å². The molecule has 2 aromatic rings. The van der Waals surface area contributed by atoms with Crippen LogP contribution >= 0.6 is 46.1 Å². The Morgan fingerprint density at radius 3 is 2.73 bits per heavy atom. The first-order valence-corrected chi connectivity index (χ1v) is 11.8. The van der Waals surface area contributed by atoms with Gasteiger partial charge in [0.1, 0.15) is 6.04 Å². The van der Waals surface area contributed by atoms with E-state index in [4.69, 9.17) is 4.52 Å². The fraction of sp³-hybridized carbons (Fsp3) is 0.214. The van der Waals surface area contributed by atoms with Gasteiger partial charge in [0.25, 0.3) is 0 Å². The van der Waals surface area contributed by atoms with Gasteiger partial charge in [0.05, 0.1) is 22.2 Å². The van der Waals surface area contributed by atoms with Crippen molar-refractivity contribution >= 4 is 57.1 Å². The molecule has 1 heterocycles. The SMILES string of the molecule is Cc1noc(-c2ccc(Br)cc2)c1C(C#CSI)NS(C)=O. The zero-order valence-corrected chi connectivity index (χ0v) is 17.1. The van der Waals surface area contributed by atoms with Crippen LogP contribution in [0.15, 0.2) is 33.3 Å². The molecule has 1 aromatic carbocycles. The summed E-state index contributed by atoms with van der Waals surface area (Å²) >= 11 is 5.51. The molecule has 0 spiro atoms. The minimum absolute atomic E-state index is 0.405. The van der Waals surface area contributed by atoms with Crippen LogP contribution in [0.3, 0.4) is 0 Å². The molecule has 0 aliphatic carbocycles. The highest BCUT2D eigenvalue weighted by atomic mass is 127. The Kier molecular flexibility index (Phi) is 6.95. The van der Waals surface area contributed by atoms with E-state index in [0.29, 0.717) is 5.76 Å². The number of nitrogens with zero attached hydrogens (tertiary/aromatic N) is 1. The second-order valence-corrected chi connectivity index (χ2v) is 8.09. The molecule has 1 aromatic heterocycles. The molecule has 0 bridgehead atoms. The van der Waals surface area contributed by atoms with Gasteiger partial charge in [0.2, 0.25) is 0 Å². The lowest BCUT2D eigenvalue weighted by Gasteiger charge is -2.11. The molecule has 1 N–H and O–H groups in total. The Labute approximate surface area is 156 Å². The Hall–Kier alpha value is -0.340. The molecule has 2 atom stereocenters. The fourth-order valence-corrected chi connectivity index (χ4v) is 3.25. The van der Waals surface area contributed by atoms with Crippen molar-refractivity contribution < 1.29 is 8.73 Å². The van der Waals surface area contributed by atoms with E-state index in [0.717, 1.165) is 21.3 Å². The van der Waals surface area contributed by atoms with Crippen LogP contribution in [0, 0.1) is 18.1 Å². The molecule has 4 nitrogen and oxygen atoms in total. The molecule has 22 heavy (non-hydrogen) atoms. The van der Waals surface area contributed by atoms with Gasteiger partial charge < -0.3 is 4.52 Å². The number of rotatable bonds is 4. The lowest BCUT2D eigenvalue weighted by molar-refractivity contribution is 0.426. The normalized spacial score (nSPS) is 13.3. The number of aryl methyl sites for hydroxylation is 1. The van der Waals surface area contributed by atoms with Gasteiger partial charge in [0.15, 0.2) is 5.76 Å². The van der Waals surface area contributed by atoms with E-state index >= 15 is 0 Å². The Morgan fingerprint density at radius 1 is 1.45 bits per heavy atom.